The van der Waals surface area contributed by atoms with Gasteiger partial charge in [-0.3, -0.25) is 4.40 Å². The summed E-state index contributed by atoms with van der Waals surface area (Å²) in [6, 6.07) is 9.82. The van der Waals surface area contributed by atoms with Crippen LogP contribution in [-0.4, -0.2) is 9.38 Å². The molecular formula is C14H12N4. The molecule has 4 nitrogen and oxygen atoms in total. The zero-order valence-electron chi connectivity index (χ0n) is 10.2. The van der Waals surface area contributed by atoms with Crippen molar-refractivity contribution in [1.82, 2.24) is 9.38 Å². The van der Waals surface area contributed by atoms with Crippen LogP contribution in [0.1, 0.15) is 16.8 Å². The molecule has 0 atom stereocenters. The lowest BCUT2D eigenvalue weighted by Crippen LogP contribution is -1.97. The van der Waals surface area contributed by atoms with Crippen molar-refractivity contribution in [2.45, 2.75) is 13.8 Å². The average Bonchev–Trinajstić information content (AvgIpc) is 2.68. The zero-order chi connectivity index (χ0) is 12.9. The summed E-state index contributed by atoms with van der Waals surface area (Å²) in [4.78, 5) is 4.53. The van der Waals surface area contributed by atoms with Crippen molar-refractivity contribution in [3.63, 3.8) is 0 Å². The van der Waals surface area contributed by atoms with E-state index in [2.05, 4.69) is 11.1 Å². The number of benzene rings is 1. The van der Waals surface area contributed by atoms with Crippen LogP contribution < -0.4 is 5.73 Å². The Labute approximate surface area is 104 Å². The summed E-state index contributed by atoms with van der Waals surface area (Å²) in [5.41, 5.74) is 11.6. The second kappa shape index (κ2) is 3.47. The van der Waals surface area contributed by atoms with Gasteiger partial charge in [0.25, 0.3) is 0 Å². The summed E-state index contributed by atoms with van der Waals surface area (Å²) in [5, 5.41) is 9.26. The summed E-state index contributed by atoms with van der Waals surface area (Å²) in [6.45, 7) is 3.94. The van der Waals surface area contributed by atoms with Gasteiger partial charge in [0.2, 0.25) is 0 Å². The first kappa shape index (κ1) is 10.6. The maximum absolute atomic E-state index is 9.26. The molecule has 0 saturated carbocycles. The molecule has 3 rings (SSSR count). The molecule has 88 valence electrons. The monoisotopic (exact) mass is 236 g/mol. The highest BCUT2D eigenvalue weighted by molar-refractivity contribution is 5.85. The Kier molecular flexibility index (Phi) is 2.05. The van der Waals surface area contributed by atoms with E-state index in [0.29, 0.717) is 16.9 Å². The molecule has 0 aliphatic heterocycles. The van der Waals surface area contributed by atoms with Gasteiger partial charge >= 0.3 is 0 Å². The molecular weight excluding hydrogens is 224 g/mol. The Morgan fingerprint density at radius 1 is 1.28 bits per heavy atom. The van der Waals surface area contributed by atoms with E-state index in [0.717, 1.165) is 22.3 Å². The quantitative estimate of drug-likeness (QED) is 0.610. The van der Waals surface area contributed by atoms with Crippen molar-refractivity contribution < 1.29 is 0 Å². The van der Waals surface area contributed by atoms with Gasteiger partial charge in [0.05, 0.1) is 16.6 Å². The Balaban J connectivity index is 2.63. The molecule has 2 aromatic heterocycles. The minimum absolute atomic E-state index is 0.621. The number of nitrogens with zero attached hydrogens (tertiary/aromatic N) is 3. The standard InChI is InChI=1S/C14H12N4/c1-8-5-9(2)18-13-6-10(16)3-4-12(13)17-14(18)11(8)7-15/h3-6H,16H2,1-2H3. The lowest BCUT2D eigenvalue weighted by molar-refractivity contribution is 1.10. The lowest BCUT2D eigenvalue weighted by atomic mass is 10.1. The van der Waals surface area contributed by atoms with E-state index in [1.807, 2.05) is 42.5 Å². The molecule has 0 amide bonds. The smallest absolute Gasteiger partial charge is 0.156 e. The van der Waals surface area contributed by atoms with E-state index in [-0.39, 0.29) is 0 Å². The first-order chi connectivity index (χ1) is 8.61. The zero-order valence-corrected chi connectivity index (χ0v) is 10.2. The highest BCUT2D eigenvalue weighted by atomic mass is 15.0. The molecule has 0 fully saturated rings. The molecule has 1 aromatic carbocycles. The van der Waals surface area contributed by atoms with Gasteiger partial charge < -0.3 is 5.73 Å². The number of rotatable bonds is 0. The number of imidazole rings is 1. The number of pyridine rings is 1. The molecule has 2 N–H and O–H groups in total. The van der Waals surface area contributed by atoms with Gasteiger partial charge in [-0.2, -0.15) is 5.26 Å². The summed E-state index contributed by atoms with van der Waals surface area (Å²) in [7, 11) is 0. The number of fused-ring (bicyclic) bond motifs is 3. The molecule has 2 heterocycles. The molecule has 0 radical (unpaired) electrons. The van der Waals surface area contributed by atoms with E-state index in [1.54, 1.807) is 0 Å². The normalized spacial score (nSPS) is 10.9. The van der Waals surface area contributed by atoms with Crippen molar-refractivity contribution in [3.8, 4) is 6.07 Å². The van der Waals surface area contributed by atoms with Crippen molar-refractivity contribution in [2.24, 2.45) is 0 Å². The Morgan fingerprint density at radius 3 is 2.78 bits per heavy atom. The minimum atomic E-state index is 0.621. The van der Waals surface area contributed by atoms with Gasteiger partial charge in [-0.05, 0) is 43.7 Å². The van der Waals surface area contributed by atoms with Crippen LogP contribution in [0, 0.1) is 25.2 Å². The average molecular weight is 236 g/mol. The Morgan fingerprint density at radius 2 is 2.06 bits per heavy atom. The third-order valence-electron chi connectivity index (χ3n) is 3.19. The first-order valence-electron chi connectivity index (χ1n) is 5.70. The molecule has 0 saturated heterocycles. The number of hydrogen-bond acceptors (Lipinski definition) is 3. The van der Waals surface area contributed by atoms with E-state index in [1.165, 1.54) is 0 Å². The van der Waals surface area contributed by atoms with Gasteiger partial charge in [-0.25, -0.2) is 4.98 Å². The summed E-state index contributed by atoms with van der Waals surface area (Å²) >= 11 is 0. The number of aryl methyl sites for hydroxylation is 2. The van der Waals surface area contributed by atoms with Gasteiger partial charge in [-0.1, -0.05) is 0 Å². The SMILES string of the molecule is Cc1cc(C)n2c(nc3ccc(N)cc32)c1C#N. The first-order valence-corrected chi connectivity index (χ1v) is 5.70. The number of nitrogen functional groups attached to an aromatic ring is 1. The molecule has 0 aliphatic carbocycles. The van der Waals surface area contributed by atoms with Crippen molar-refractivity contribution in [1.29, 1.82) is 5.26 Å². The maximum Gasteiger partial charge on any atom is 0.156 e. The maximum atomic E-state index is 9.26. The second-order valence-electron chi connectivity index (χ2n) is 4.47. The topological polar surface area (TPSA) is 67.1 Å². The number of hydrogen-bond donors (Lipinski definition) is 1. The number of anilines is 1. The van der Waals surface area contributed by atoms with Crippen LogP contribution in [0.4, 0.5) is 5.69 Å². The van der Waals surface area contributed by atoms with Crippen LogP contribution in [-0.2, 0) is 0 Å². The predicted molar refractivity (Wildman–Crippen MR) is 71.3 cm³/mol. The lowest BCUT2D eigenvalue weighted by Gasteiger charge is -2.05. The van der Waals surface area contributed by atoms with Gasteiger partial charge in [0.15, 0.2) is 5.65 Å². The number of nitrogens with two attached hydrogens (primary N) is 1. The minimum Gasteiger partial charge on any atom is -0.399 e. The third kappa shape index (κ3) is 1.28. The highest BCUT2D eigenvalue weighted by Crippen LogP contribution is 2.24. The van der Waals surface area contributed by atoms with E-state index >= 15 is 0 Å². The van der Waals surface area contributed by atoms with Crippen molar-refractivity contribution >= 4 is 22.4 Å². The van der Waals surface area contributed by atoms with Gasteiger partial charge in [-0.15, -0.1) is 0 Å². The van der Waals surface area contributed by atoms with Crippen LogP contribution in [0.2, 0.25) is 0 Å². The van der Waals surface area contributed by atoms with E-state index in [9.17, 15) is 5.26 Å². The molecule has 3 aromatic rings. The number of nitriles is 1. The molecule has 0 spiro atoms. The van der Waals surface area contributed by atoms with Crippen molar-refractivity contribution in [3.05, 3.63) is 41.1 Å². The van der Waals surface area contributed by atoms with Crippen LogP contribution >= 0.6 is 0 Å². The summed E-state index contributed by atoms with van der Waals surface area (Å²) < 4.78 is 1.98. The van der Waals surface area contributed by atoms with Gasteiger partial charge in [0, 0.05) is 11.4 Å². The second-order valence-corrected chi connectivity index (χ2v) is 4.47. The highest BCUT2D eigenvalue weighted by Gasteiger charge is 2.13. The van der Waals surface area contributed by atoms with Gasteiger partial charge in [0.1, 0.15) is 6.07 Å². The van der Waals surface area contributed by atoms with Crippen LogP contribution in [0.3, 0.4) is 0 Å². The van der Waals surface area contributed by atoms with E-state index in [4.69, 9.17) is 5.73 Å². The summed E-state index contributed by atoms with van der Waals surface area (Å²) in [5.74, 6) is 0. The number of aromatic nitrogens is 2. The fourth-order valence-corrected chi connectivity index (χ4v) is 2.38. The largest absolute Gasteiger partial charge is 0.399 e. The fourth-order valence-electron chi connectivity index (χ4n) is 2.38. The Bertz CT molecular complexity index is 821. The molecule has 0 unspecified atom stereocenters. The van der Waals surface area contributed by atoms with E-state index < -0.39 is 0 Å². The fraction of sp³-hybridized carbons (Fsp3) is 0.143. The van der Waals surface area contributed by atoms with Crippen LogP contribution in [0.15, 0.2) is 24.3 Å². The molecule has 18 heavy (non-hydrogen) atoms. The summed E-state index contributed by atoms with van der Waals surface area (Å²) in [6.07, 6.45) is 0. The predicted octanol–water partition coefficient (Wildman–Crippen LogP) is 2.56. The van der Waals surface area contributed by atoms with Crippen LogP contribution in [0.25, 0.3) is 16.7 Å². The van der Waals surface area contributed by atoms with Crippen LogP contribution in [0.5, 0.6) is 0 Å². The van der Waals surface area contributed by atoms with Crippen molar-refractivity contribution in [2.75, 3.05) is 5.73 Å². The molecule has 0 aliphatic rings. The molecule has 4 heteroatoms. The molecule has 0 bridgehead atoms. The third-order valence-corrected chi connectivity index (χ3v) is 3.19. The Hall–Kier alpha value is -2.54.